The molecule has 0 atom stereocenters. The SMILES string of the molecule is O=C1NN(c2ccc(Oc3ccc(N4NC(=O)/C(=C/[O-])C4=O)cc3)cc2)C(=O)/C1=C\[O-].[K+].[K+]. The van der Waals surface area contributed by atoms with Gasteiger partial charge in [-0.05, 0) is 48.5 Å². The number of anilines is 2. The molecule has 0 unspecified atom stereocenters. The molecule has 33 heavy (non-hydrogen) atoms. The van der Waals surface area contributed by atoms with Crippen molar-refractivity contribution in [1.82, 2.24) is 10.9 Å². The van der Waals surface area contributed by atoms with Crippen molar-refractivity contribution in [1.29, 1.82) is 0 Å². The summed E-state index contributed by atoms with van der Waals surface area (Å²) in [6.07, 6.45) is 0.412. The number of nitrogens with zero attached hydrogens (tertiary/aromatic N) is 2. The minimum absolute atomic E-state index is 0. The Kier molecular flexibility index (Phi) is 9.86. The van der Waals surface area contributed by atoms with Gasteiger partial charge in [-0.2, -0.15) is 0 Å². The first-order valence-corrected chi connectivity index (χ1v) is 8.76. The zero-order valence-electron chi connectivity index (χ0n) is 17.5. The van der Waals surface area contributed by atoms with Gasteiger partial charge in [0.1, 0.15) is 11.5 Å². The van der Waals surface area contributed by atoms with Crippen molar-refractivity contribution in [2.24, 2.45) is 0 Å². The predicted octanol–water partition coefficient (Wildman–Crippen LogP) is -7.27. The molecule has 2 heterocycles. The van der Waals surface area contributed by atoms with E-state index in [9.17, 15) is 29.4 Å². The van der Waals surface area contributed by atoms with Gasteiger partial charge < -0.3 is 14.9 Å². The smallest absolute Gasteiger partial charge is 0.877 e. The Labute approximate surface area is 272 Å². The second kappa shape index (κ2) is 11.7. The van der Waals surface area contributed by atoms with Gasteiger partial charge in [-0.15, -0.1) is 12.5 Å². The Bertz CT molecular complexity index is 1070. The van der Waals surface area contributed by atoms with Gasteiger partial charge >= 0.3 is 103 Å². The number of hydrazine groups is 2. The maximum atomic E-state index is 12.0. The number of ether oxygens (including phenoxy) is 1. The van der Waals surface area contributed by atoms with E-state index in [1.165, 1.54) is 24.3 Å². The molecule has 4 rings (SSSR count). The molecule has 0 spiro atoms. The fraction of sp³-hybridized carbons (Fsp3) is 0. The molecule has 2 N–H and O–H groups in total. The van der Waals surface area contributed by atoms with E-state index in [4.69, 9.17) is 4.74 Å². The number of benzene rings is 2. The molecular formula is C20H12K2N4O7. The largest absolute Gasteiger partial charge is 1.00 e. The number of rotatable bonds is 4. The van der Waals surface area contributed by atoms with Gasteiger partial charge in [0.25, 0.3) is 23.6 Å². The van der Waals surface area contributed by atoms with Gasteiger partial charge in [-0.1, -0.05) is 0 Å². The Hall–Kier alpha value is -1.53. The first-order valence-electron chi connectivity index (χ1n) is 8.76. The molecule has 2 aromatic carbocycles. The van der Waals surface area contributed by atoms with Crippen molar-refractivity contribution in [3.05, 3.63) is 72.2 Å². The van der Waals surface area contributed by atoms with Crippen molar-refractivity contribution >= 4 is 35.0 Å². The van der Waals surface area contributed by atoms with Crippen molar-refractivity contribution in [2.45, 2.75) is 0 Å². The van der Waals surface area contributed by atoms with Crippen LogP contribution in [0.4, 0.5) is 11.4 Å². The summed E-state index contributed by atoms with van der Waals surface area (Å²) in [6.45, 7) is 0. The molecule has 13 heteroatoms. The fourth-order valence-electron chi connectivity index (χ4n) is 2.89. The molecule has 156 valence electrons. The molecule has 0 aromatic heterocycles. The fourth-order valence-corrected chi connectivity index (χ4v) is 2.89. The van der Waals surface area contributed by atoms with E-state index >= 15 is 0 Å². The van der Waals surface area contributed by atoms with Crippen LogP contribution in [0.25, 0.3) is 0 Å². The van der Waals surface area contributed by atoms with Gasteiger partial charge in [0, 0.05) is 0 Å². The van der Waals surface area contributed by atoms with Crippen molar-refractivity contribution in [2.75, 3.05) is 10.0 Å². The van der Waals surface area contributed by atoms with Crippen LogP contribution in [-0.4, -0.2) is 23.6 Å². The Morgan fingerprint density at radius 3 is 1.24 bits per heavy atom. The molecular weight excluding hydrogens is 486 g/mol. The van der Waals surface area contributed by atoms with E-state index in [0.717, 1.165) is 10.0 Å². The maximum Gasteiger partial charge on any atom is 1.00 e. The van der Waals surface area contributed by atoms with Gasteiger partial charge in [0.05, 0.1) is 22.5 Å². The van der Waals surface area contributed by atoms with Gasteiger partial charge in [0.15, 0.2) is 0 Å². The van der Waals surface area contributed by atoms with E-state index in [1.54, 1.807) is 24.3 Å². The van der Waals surface area contributed by atoms with Gasteiger partial charge in [-0.3, -0.25) is 30.0 Å². The summed E-state index contributed by atoms with van der Waals surface area (Å²) >= 11 is 0. The third kappa shape index (κ3) is 5.59. The third-order valence-electron chi connectivity index (χ3n) is 4.44. The molecule has 4 amide bonds. The van der Waals surface area contributed by atoms with Crippen LogP contribution in [0.2, 0.25) is 0 Å². The third-order valence-corrected chi connectivity index (χ3v) is 4.44. The number of carbonyl (C=O) groups excluding carboxylic acids is 4. The van der Waals surface area contributed by atoms with E-state index in [2.05, 4.69) is 10.9 Å². The molecule has 2 aliphatic rings. The van der Waals surface area contributed by atoms with E-state index in [1.807, 2.05) is 0 Å². The summed E-state index contributed by atoms with van der Waals surface area (Å²) < 4.78 is 5.69. The molecule has 2 saturated heterocycles. The standard InChI is InChI=1S/C20H14N4O7.2K/c25-9-15-17(27)21-23(19(15)29)11-1-5-13(6-2-11)31-14-7-3-12(4-8-14)24-20(30)16(10-26)18(28)22-24;;/h1-10,25-26H,(H,21,27)(H,22,28);;/q;2*+1/p-2/b15-9-,16-10-;;. The van der Waals surface area contributed by atoms with Crippen molar-refractivity contribution < 1.29 is 137 Å². The maximum absolute atomic E-state index is 12.0. The summed E-state index contributed by atoms with van der Waals surface area (Å²) in [6, 6.07) is 12.3. The number of nitrogens with one attached hydrogen (secondary N) is 2. The molecule has 2 aromatic rings. The van der Waals surface area contributed by atoms with Crippen LogP contribution in [0.1, 0.15) is 0 Å². The Morgan fingerprint density at radius 2 is 0.970 bits per heavy atom. The van der Waals surface area contributed by atoms with Crippen LogP contribution >= 0.6 is 0 Å². The number of carbonyl (C=O) groups is 4. The summed E-state index contributed by atoms with van der Waals surface area (Å²) in [5.41, 5.74) is 4.29. The molecule has 0 radical (unpaired) electrons. The average Bonchev–Trinajstić information content (AvgIpc) is 3.23. The average molecular weight is 499 g/mol. The van der Waals surface area contributed by atoms with Crippen LogP contribution in [-0.2, 0) is 19.2 Å². The molecule has 0 saturated carbocycles. The number of hydrogen-bond donors (Lipinski definition) is 2. The minimum Gasteiger partial charge on any atom is -0.877 e. The molecule has 0 bridgehead atoms. The molecule has 2 fully saturated rings. The van der Waals surface area contributed by atoms with Crippen LogP contribution in [0.3, 0.4) is 0 Å². The van der Waals surface area contributed by atoms with Crippen molar-refractivity contribution in [3.8, 4) is 11.5 Å². The summed E-state index contributed by atoms with van der Waals surface area (Å²) in [5.74, 6) is -2.21. The van der Waals surface area contributed by atoms with Crippen LogP contribution in [0.15, 0.2) is 72.2 Å². The predicted molar refractivity (Wildman–Crippen MR) is 100 cm³/mol. The van der Waals surface area contributed by atoms with Crippen LogP contribution in [0, 0.1) is 0 Å². The first-order chi connectivity index (χ1) is 14.9. The topological polar surface area (TPSA) is 154 Å². The normalized spacial score (nSPS) is 17.6. The van der Waals surface area contributed by atoms with E-state index in [-0.39, 0.29) is 115 Å². The number of hydrogen-bond acceptors (Lipinski definition) is 7. The summed E-state index contributed by atoms with van der Waals surface area (Å²) in [5, 5.41) is 23.5. The van der Waals surface area contributed by atoms with E-state index in [0.29, 0.717) is 22.9 Å². The number of amides is 4. The monoisotopic (exact) mass is 498 g/mol. The molecule has 0 aliphatic carbocycles. The van der Waals surface area contributed by atoms with Gasteiger partial charge in [-0.25, -0.2) is 10.0 Å². The van der Waals surface area contributed by atoms with Crippen molar-refractivity contribution in [3.63, 3.8) is 0 Å². The molecule has 11 nitrogen and oxygen atoms in total. The second-order valence-electron chi connectivity index (χ2n) is 6.32. The Balaban J connectivity index is 0.00000193. The van der Waals surface area contributed by atoms with E-state index < -0.39 is 34.8 Å². The molecule has 2 aliphatic heterocycles. The quantitative estimate of drug-likeness (QED) is 0.184. The van der Waals surface area contributed by atoms with Gasteiger partial charge in [0.2, 0.25) is 0 Å². The first kappa shape index (κ1) is 27.7. The summed E-state index contributed by atoms with van der Waals surface area (Å²) in [7, 11) is 0. The summed E-state index contributed by atoms with van der Waals surface area (Å²) in [4.78, 5) is 47.2. The zero-order chi connectivity index (χ0) is 22.1. The zero-order valence-corrected chi connectivity index (χ0v) is 23.8. The van der Waals surface area contributed by atoms with Crippen LogP contribution in [0.5, 0.6) is 11.5 Å². The van der Waals surface area contributed by atoms with Crippen LogP contribution < -0.4 is 139 Å². The second-order valence-corrected chi connectivity index (χ2v) is 6.32. The minimum atomic E-state index is -0.772. The Morgan fingerprint density at radius 1 is 0.636 bits per heavy atom.